The SMILES string of the molecule is CCC(=O)N(Cc1ccc(-c2ccccc2)cc1S(C)(=O)=O)c1cc(F)cc(-c2nnn[nH]2)c1. The molecule has 0 unspecified atom stereocenters. The molecule has 34 heavy (non-hydrogen) atoms. The molecule has 1 amide bonds. The van der Waals surface area contributed by atoms with Crippen LogP contribution in [0.25, 0.3) is 22.5 Å². The second-order valence-electron chi connectivity index (χ2n) is 7.74. The third kappa shape index (κ3) is 5.01. The number of hydrogen-bond acceptors (Lipinski definition) is 6. The number of aromatic nitrogens is 4. The molecule has 1 N–H and O–H groups in total. The van der Waals surface area contributed by atoms with Gasteiger partial charge in [-0.2, -0.15) is 0 Å². The molecule has 0 fully saturated rings. The van der Waals surface area contributed by atoms with Gasteiger partial charge in [-0.1, -0.05) is 49.4 Å². The van der Waals surface area contributed by atoms with Crippen LogP contribution in [-0.2, 0) is 21.2 Å². The van der Waals surface area contributed by atoms with Crippen molar-refractivity contribution in [2.24, 2.45) is 0 Å². The van der Waals surface area contributed by atoms with E-state index in [4.69, 9.17) is 0 Å². The van der Waals surface area contributed by atoms with E-state index in [2.05, 4.69) is 20.6 Å². The smallest absolute Gasteiger partial charge is 0.227 e. The van der Waals surface area contributed by atoms with Gasteiger partial charge in [-0.15, -0.1) is 5.10 Å². The van der Waals surface area contributed by atoms with Gasteiger partial charge in [-0.3, -0.25) is 4.79 Å². The molecule has 0 bridgehead atoms. The van der Waals surface area contributed by atoms with Crippen LogP contribution in [0.3, 0.4) is 0 Å². The first kappa shape index (κ1) is 23.2. The number of tetrazole rings is 1. The normalized spacial score (nSPS) is 11.4. The molecular weight excluding hydrogens is 457 g/mol. The number of rotatable bonds is 7. The minimum atomic E-state index is -3.62. The fourth-order valence-corrected chi connectivity index (χ4v) is 4.62. The number of carbonyl (C=O) groups is 1. The van der Waals surface area contributed by atoms with Gasteiger partial charge in [0.2, 0.25) is 5.91 Å². The number of aromatic amines is 1. The molecule has 0 saturated heterocycles. The summed E-state index contributed by atoms with van der Waals surface area (Å²) in [6.07, 6.45) is 1.27. The van der Waals surface area contributed by atoms with Gasteiger partial charge in [0.1, 0.15) is 5.82 Å². The van der Waals surface area contributed by atoms with Crippen LogP contribution in [0.2, 0.25) is 0 Å². The fourth-order valence-electron chi connectivity index (χ4n) is 3.67. The molecular formula is C24H22FN5O3S. The molecule has 10 heteroatoms. The monoisotopic (exact) mass is 479 g/mol. The zero-order valence-electron chi connectivity index (χ0n) is 18.6. The summed E-state index contributed by atoms with van der Waals surface area (Å²) in [4.78, 5) is 14.4. The molecule has 0 aliphatic carbocycles. The summed E-state index contributed by atoms with van der Waals surface area (Å²) < 4.78 is 39.8. The van der Waals surface area contributed by atoms with E-state index in [1.54, 1.807) is 25.1 Å². The molecule has 174 valence electrons. The van der Waals surface area contributed by atoms with E-state index in [-0.39, 0.29) is 35.3 Å². The second kappa shape index (κ2) is 9.52. The lowest BCUT2D eigenvalue weighted by Gasteiger charge is -2.24. The highest BCUT2D eigenvalue weighted by Crippen LogP contribution is 2.30. The maximum Gasteiger partial charge on any atom is 0.227 e. The van der Waals surface area contributed by atoms with Crippen LogP contribution in [0.1, 0.15) is 18.9 Å². The predicted molar refractivity (Wildman–Crippen MR) is 126 cm³/mol. The van der Waals surface area contributed by atoms with Gasteiger partial charge in [0.15, 0.2) is 15.7 Å². The molecule has 0 aliphatic heterocycles. The summed E-state index contributed by atoms with van der Waals surface area (Å²) in [6, 6.07) is 18.6. The summed E-state index contributed by atoms with van der Waals surface area (Å²) in [5.41, 5.74) is 2.66. The molecule has 0 atom stereocenters. The van der Waals surface area contributed by atoms with E-state index in [0.29, 0.717) is 11.1 Å². The van der Waals surface area contributed by atoms with E-state index < -0.39 is 15.7 Å². The van der Waals surface area contributed by atoms with Crippen LogP contribution in [0, 0.1) is 5.82 Å². The Morgan fingerprint density at radius 3 is 2.41 bits per heavy atom. The zero-order valence-corrected chi connectivity index (χ0v) is 19.4. The van der Waals surface area contributed by atoms with Crippen molar-refractivity contribution in [2.45, 2.75) is 24.8 Å². The van der Waals surface area contributed by atoms with Crippen molar-refractivity contribution in [1.82, 2.24) is 20.6 Å². The van der Waals surface area contributed by atoms with Crippen molar-refractivity contribution in [2.75, 3.05) is 11.2 Å². The highest BCUT2D eigenvalue weighted by Gasteiger charge is 2.22. The first-order valence-electron chi connectivity index (χ1n) is 10.5. The maximum absolute atomic E-state index is 14.5. The van der Waals surface area contributed by atoms with Gasteiger partial charge < -0.3 is 4.90 Å². The van der Waals surface area contributed by atoms with Gasteiger partial charge in [0, 0.05) is 23.9 Å². The Morgan fingerprint density at radius 1 is 1.00 bits per heavy atom. The van der Waals surface area contributed by atoms with Crippen molar-refractivity contribution in [3.05, 3.63) is 78.1 Å². The summed E-state index contributed by atoms with van der Waals surface area (Å²) in [5, 5.41) is 13.4. The number of benzene rings is 3. The number of halogens is 1. The Bertz CT molecular complexity index is 1420. The third-order valence-corrected chi connectivity index (χ3v) is 6.50. The molecule has 0 aliphatic rings. The molecule has 8 nitrogen and oxygen atoms in total. The average Bonchev–Trinajstić information content (AvgIpc) is 3.37. The standard InChI is InChI=1S/C24H22FN5O3S/c1-3-23(31)30(21-12-19(11-20(25)14-21)24-26-28-29-27-24)15-18-10-9-17(13-22(18)34(2,32)33)16-7-5-4-6-8-16/h4-14H,3,15H2,1-2H3,(H,26,27,28,29). The molecule has 0 spiro atoms. The van der Waals surface area contributed by atoms with E-state index >= 15 is 0 Å². The lowest BCUT2D eigenvalue weighted by Crippen LogP contribution is -2.30. The van der Waals surface area contributed by atoms with Crippen molar-refractivity contribution in [3.8, 4) is 22.5 Å². The van der Waals surface area contributed by atoms with Crippen LogP contribution < -0.4 is 4.90 Å². The number of hydrogen-bond donors (Lipinski definition) is 1. The molecule has 0 radical (unpaired) electrons. The van der Waals surface area contributed by atoms with Gasteiger partial charge in [0.05, 0.1) is 11.4 Å². The maximum atomic E-state index is 14.5. The summed E-state index contributed by atoms with van der Waals surface area (Å²) in [7, 11) is -3.62. The molecule has 3 aromatic carbocycles. The van der Waals surface area contributed by atoms with Crippen molar-refractivity contribution >= 4 is 21.4 Å². The minimum Gasteiger partial charge on any atom is -0.308 e. The van der Waals surface area contributed by atoms with E-state index in [9.17, 15) is 17.6 Å². The first-order chi connectivity index (χ1) is 16.3. The molecule has 4 rings (SSSR count). The summed E-state index contributed by atoms with van der Waals surface area (Å²) in [5.74, 6) is -0.631. The highest BCUT2D eigenvalue weighted by atomic mass is 32.2. The topological polar surface area (TPSA) is 109 Å². The van der Waals surface area contributed by atoms with Gasteiger partial charge in [0.25, 0.3) is 0 Å². The average molecular weight is 480 g/mol. The Labute approximate surface area is 196 Å². The first-order valence-corrected chi connectivity index (χ1v) is 12.4. The number of nitrogens with one attached hydrogen (secondary N) is 1. The Kier molecular flexibility index (Phi) is 6.51. The number of H-pyrrole nitrogens is 1. The summed E-state index contributed by atoms with van der Waals surface area (Å²) in [6.45, 7) is 1.63. The fraction of sp³-hybridized carbons (Fsp3) is 0.167. The predicted octanol–water partition coefficient (Wildman–Crippen LogP) is 4.02. The molecule has 1 heterocycles. The van der Waals surface area contributed by atoms with Crippen LogP contribution in [0.4, 0.5) is 10.1 Å². The lowest BCUT2D eigenvalue weighted by atomic mass is 10.0. The van der Waals surface area contributed by atoms with Crippen LogP contribution >= 0.6 is 0 Å². The molecule has 1 aromatic heterocycles. The van der Waals surface area contributed by atoms with Gasteiger partial charge >= 0.3 is 0 Å². The Morgan fingerprint density at radius 2 is 1.76 bits per heavy atom. The number of amides is 1. The van der Waals surface area contributed by atoms with Gasteiger partial charge in [-0.25, -0.2) is 17.9 Å². The minimum absolute atomic E-state index is 0.0539. The number of carbonyl (C=O) groups excluding carboxylic acids is 1. The Hall–Kier alpha value is -3.92. The zero-order chi connectivity index (χ0) is 24.3. The number of nitrogens with zero attached hydrogens (tertiary/aromatic N) is 4. The number of anilines is 1. The van der Waals surface area contributed by atoms with Crippen LogP contribution in [0.15, 0.2) is 71.6 Å². The summed E-state index contributed by atoms with van der Waals surface area (Å²) >= 11 is 0. The van der Waals surface area contributed by atoms with Crippen LogP contribution in [0.5, 0.6) is 0 Å². The largest absolute Gasteiger partial charge is 0.308 e. The highest BCUT2D eigenvalue weighted by molar-refractivity contribution is 7.90. The van der Waals surface area contributed by atoms with E-state index in [0.717, 1.165) is 17.4 Å². The number of sulfone groups is 1. The molecule has 0 saturated carbocycles. The lowest BCUT2D eigenvalue weighted by molar-refractivity contribution is -0.118. The van der Waals surface area contributed by atoms with E-state index in [1.807, 2.05) is 36.4 Å². The van der Waals surface area contributed by atoms with Crippen molar-refractivity contribution < 1.29 is 17.6 Å². The van der Waals surface area contributed by atoms with E-state index in [1.165, 1.54) is 17.0 Å². The molecule has 4 aromatic rings. The van der Waals surface area contributed by atoms with Crippen molar-refractivity contribution in [1.29, 1.82) is 0 Å². The Balaban J connectivity index is 1.79. The third-order valence-electron chi connectivity index (χ3n) is 5.32. The quantitative estimate of drug-likeness (QED) is 0.429. The second-order valence-corrected chi connectivity index (χ2v) is 9.73. The van der Waals surface area contributed by atoms with Gasteiger partial charge in [-0.05, 0) is 51.4 Å². The van der Waals surface area contributed by atoms with Crippen LogP contribution in [-0.4, -0.2) is 41.2 Å². The van der Waals surface area contributed by atoms with Crippen molar-refractivity contribution in [3.63, 3.8) is 0 Å².